The summed E-state index contributed by atoms with van der Waals surface area (Å²) >= 11 is 4.41. The van der Waals surface area contributed by atoms with Crippen molar-refractivity contribution < 1.29 is 14.0 Å². The quantitative estimate of drug-likeness (QED) is 0.398. The molecule has 0 saturated heterocycles. The predicted molar refractivity (Wildman–Crippen MR) is 118 cm³/mol. The van der Waals surface area contributed by atoms with E-state index in [4.69, 9.17) is 0 Å². The van der Waals surface area contributed by atoms with E-state index in [0.29, 0.717) is 29.0 Å². The molecule has 0 saturated carbocycles. The summed E-state index contributed by atoms with van der Waals surface area (Å²) in [5, 5.41) is 5.29. The van der Waals surface area contributed by atoms with Gasteiger partial charge < -0.3 is 5.32 Å². The Morgan fingerprint density at radius 2 is 2.00 bits per heavy atom. The van der Waals surface area contributed by atoms with Gasteiger partial charge in [-0.15, -0.1) is 0 Å². The minimum absolute atomic E-state index is 0.0328. The van der Waals surface area contributed by atoms with Gasteiger partial charge in [0, 0.05) is 11.0 Å². The van der Waals surface area contributed by atoms with Gasteiger partial charge in [-0.25, -0.2) is 14.2 Å². The number of nitrogens with one attached hydrogen (secondary N) is 2. The highest BCUT2D eigenvalue weighted by Gasteiger charge is 2.15. The molecule has 2 N–H and O–H groups in total. The molecule has 0 atom stereocenters. The molecule has 1 aromatic heterocycles. The fraction of sp³-hybridized carbons (Fsp3) is 0.200. The number of rotatable bonds is 6. The summed E-state index contributed by atoms with van der Waals surface area (Å²) in [4.78, 5) is 41.4. The summed E-state index contributed by atoms with van der Waals surface area (Å²) in [5.74, 6) is -1.34. The standard InChI is InChI=1S/C20H18BrFN4O3S/c1-2-9-26-18(28)13-10-12(21)7-8-15(13)24-20(26)30-11-17(27)25-19(29)23-16-6-4-3-5-14(16)22/h3-8,10H,2,9,11H2,1H3,(H2,23,25,27,29). The smallest absolute Gasteiger partial charge is 0.305 e. The van der Waals surface area contributed by atoms with E-state index >= 15 is 0 Å². The Hall–Kier alpha value is -2.72. The van der Waals surface area contributed by atoms with Crippen molar-refractivity contribution in [3.8, 4) is 0 Å². The molecule has 0 aliphatic rings. The number of fused-ring (bicyclic) bond motifs is 1. The number of urea groups is 1. The molecule has 0 spiro atoms. The molecule has 3 amide bonds. The summed E-state index contributed by atoms with van der Waals surface area (Å²) in [6.45, 7) is 2.39. The number of thioether (sulfide) groups is 1. The van der Waals surface area contributed by atoms with E-state index in [2.05, 4.69) is 31.5 Å². The van der Waals surface area contributed by atoms with Crippen LogP contribution in [0.15, 0.2) is 56.9 Å². The molecule has 0 aliphatic carbocycles. The van der Waals surface area contributed by atoms with Crippen molar-refractivity contribution in [3.63, 3.8) is 0 Å². The average molecular weight is 493 g/mol. The van der Waals surface area contributed by atoms with Gasteiger partial charge in [0.2, 0.25) is 5.91 Å². The second-order valence-electron chi connectivity index (χ2n) is 6.28. The molecular weight excluding hydrogens is 475 g/mol. The van der Waals surface area contributed by atoms with E-state index in [1.54, 1.807) is 24.3 Å². The van der Waals surface area contributed by atoms with Gasteiger partial charge in [0.25, 0.3) is 5.56 Å². The van der Waals surface area contributed by atoms with Crippen LogP contribution in [0.5, 0.6) is 0 Å². The lowest BCUT2D eigenvalue weighted by molar-refractivity contribution is -0.117. The van der Waals surface area contributed by atoms with Crippen LogP contribution in [-0.4, -0.2) is 27.2 Å². The summed E-state index contributed by atoms with van der Waals surface area (Å²) in [6, 6.07) is 10.0. The van der Waals surface area contributed by atoms with Crippen LogP contribution in [-0.2, 0) is 11.3 Å². The summed E-state index contributed by atoms with van der Waals surface area (Å²) in [7, 11) is 0. The maximum Gasteiger partial charge on any atom is 0.325 e. The van der Waals surface area contributed by atoms with E-state index in [9.17, 15) is 18.8 Å². The molecule has 1 heterocycles. The third-order valence-electron chi connectivity index (χ3n) is 4.04. The minimum Gasteiger partial charge on any atom is -0.305 e. The fourth-order valence-corrected chi connectivity index (χ4v) is 3.90. The number of halogens is 2. The molecule has 0 radical (unpaired) electrons. The van der Waals surface area contributed by atoms with Crippen molar-refractivity contribution in [1.29, 1.82) is 0 Å². The van der Waals surface area contributed by atoms with Gasteiger partial charge in [0.1, 0.15) is 5.82 Å². The molecule has 156 valence electrons. The van der Waals surface area contributed by atoms with Crippen LogP contribution in [0.3, 0.4) is 0 Å². The summed E-state index contributed by atoms with van der Waals surface area (Å²) in [5.41, 5.74) is 0.300. The Bertz CT molecular complexity index is 1170. The largest absolute Gasteiger partial charge is 0.325 e. The molecule has 10 heteroatoms. The molecule has 30 heavy (non-hydrogen) atoms. The van der Waals surface area contributed by atoms with Gasteiger partial charge in [0.15, 0.2) is 5.16 Å². The number of carbonyl (C=O) groups excluding carboxylic acids is 2. The van der Waals surface area contributed by atoms with Crippen LogP contribution in [0, 0.1) is 5.82 Å². The van der Waals surface area contributed by atoms with Gasteiger partial charge in [-0.1, -0.05) is 46.7 Å². The van der Waals surface area contributed by atoms with Crippen molar-refractivity contribution in [1.82, 2.24) is 14.9 Å². The van der Waals surface area contributed by atoms with E-state index in [-0.39, 0.29) is 17.0 Å². The van der Waals surface area contributed by atoms with Gasteiger partial charge in [-0.05, 0) is 36.8 Å². The monoisotopic (exact) mass is 492 g/mol. The third-order valence-corrected chi connectivity index (χ3v) is 5.51. The fourth-order valence-electron chi connectivity index (χ4n) is 2.71. The van der Waals surface area contributed by atoms with Crippen LogP contribution >= 0.6 is 27.7 Å². The number of imide groups is 1. The highest BCUT2D eigenvalue weighted by molar-refractivity contribution is 9.10. The maximum atomic E-state index is 13.6. The number of hydrogen-bond acceptors (Lipinski definition) is 5. The molecular formula is C20H18BrFN4O3S. The number of aromatic nitrogens is 2. The first-order valence-corrected chi connectivity index (χ1v) is 10.8. The van der Waals surface area contributed by atoms with E-state index in [1.807, 2.05) is 6.92 Å². The van der Waals surface area contributed by atoms with E-state index in [1.165, 1.54) is 22.8 Å². The summed E-state index contributed by atoms with van der Waals surface area (Å²) < 4.78 is 15.9. The van der Waals surface area contributed by atoms with Gasteiger partial charge >= 0.3 is 6.03 Å². The number of nitrogens with zero attached hydrogens (tertiary/aromatic N) is 2. The second-order valence-corrected chi connectivity index (χ2v) is 8.14. The Labute approximate surface area is 184 Å². The zero-order valence-corrected chi connectivity index (χ0v) is 18.3. The molecule has 0 bridgehead atoms. The molecule has 3 rings (SSSR count). The molecule has 0 aliphatic heterocycles. The average Bonchev–Trinajstić information content (AvgIpc) is 2.71. The van der Waals surface area contributed by atoms with Crippen molar-refractivity contribution in [2.45, 2.75) is 25.0 Å². The van der Waals surface area contributed by atoms with Crippen molar-refractivity contribution in [3.05, 3.63) is 63.1 Å². The summed E-state index contributed by atoms with van der Waals surface area (Å²) in [6.07, 6.45) is 0.714. The lowest BCUT2D eigenvalue weighted by Crippen LogP contribution is -2.36. The molecule has 7 nitrogen and oxygen atoms in total. The molecule has 0 fully saturated rings. The van der Waals surface area contributed by atoms with Gasteiger partial charge in [-0.2, -0.15) is 0 Å². The normalized spacial score (nSPS) is 10.8. The second kappa shape index (κ2) is 9.86. The Kier molecular flexibility index (Phi) is 7.22. The van der Waals surface area contributed by atoms with E-state index < -0.39 is 17.8 Å². The van der Waals surface area contributed by atoms with Crippen LogP contribution in [0.25, 0.3) is 10.9 Å². The molecule has 2 aromatic carbocycles. The van der Waals surface area contributed by atoms with Crippen LogP contribution in [0.2, 0.25) is 0 Å². The number of para-hydroxylation sites is 1. The first kappa shape index (κ1) is 22.0. The van der Waals surface area contributed by atoms with Crippen LogP contribution in [0.4, 0.5) is 14.9 Å². The number of benzene rings is 2. The lowest BCUT2D eigenvalue weighted by atomic mass is 10.2. The van der Waals surface area contributed by atoms with E-state index in [0.717, 1.165) is 16.2 Å². The Morgan fingerprint density at radius 3 is 2.73 bits per heavy atom. The predicted octanol–water partition coefficient (Wildman–Crippen LogP) is 4.15. The SMILES string of the molecule is CCCn1c(SCC(=O)NC(=O)Nc2ccccc2F)nc2ccc(Br)cc2c1=O. The van der Waals surface area contributed by atoms with Crippen LogP contribution < -0.4 is 16.2 Å². The zero-order chi connectivity index (χ0) is 21.7. The first-order valence-electron chi connectivity index (χ1n) is 9.07. The van der Waals surface area contributed by atoms with Crippen molar-refractivity contribution in [2.24, 2.45) is 0 Å². The molecule has 0 unspecified atom stereocenters. The Balaban J connectivity index is 1.71. The third kappa shape index (κ3) is 5.25. The van der Waals surface area contributed by atoms with Crippen LogP contribution in [0.1, 0.15) is 13.3 Å². The Morgan fingerprint density at radius 1 is 1.23 bits per heavy atom. The molecule has 3 aromatic rings. The number of anilines is 1. The van der Waals surface area contributed by atoms with Crippen molar-refractivity contribution in [2.75, 3.05) is 11.1 Å². The minimum atomic E-state index is -0.840. The lowest BCUT2D eigenvalue weighted by Gasteiger charge is -2.12. The zero-order valence-electron chi connectivity index (χ0n) is 15.9. The maximum absolute atomic E-state index is 13.6. The topological polar surface area (TPSA) is 93.1 Å². The number of hydrogen-bond donors (Lipinski definition) is 2. The first-order chi connectivity index (χ1) is 14.4. The van der Waals surface area contributed by atoms with Gasteiger partial charge in [-0.3, -0.25) is 19.5 Å². The number of carbonyl (C=O) groups is 2. The van der Waals surface area contributed by atoms with Crippen molar-refractivity contribution >= 4 is 56.2 Å². The number of amides is 3. The highest BCUT2D eigenvalue weighted by atomic mass is 79.9. The highest BCUT2D eigenvalue weighted by Crippen LogP contribution is 2.21. The van der Waals surface area contributed by atoms with Gasteiger partial charge in [0.05, 0.1) is 22.3 Å².